The van der Waals surface area contributed by atoms with E-state index in [1.807, 2.05) is 30.3 Å². The maximum absolute atomic E-state index is 12.1. The number of carbonyl (C=O) groups excluding carboxylic acids is 1. The minimum Gasteiger partial charge on any atom is -0.384 e. The fourth-order valence-corrected chi connectivity index (χ4v) is 1.98. The number of anilines is 1. The first kappa shape index (κ1) is 13.7. The van der Waals surface area contributed by atoms with Crippen LogP contribution in [-0.4, -0.2) is 25.7 Å². The standard InChI is InChI=1S/C15H14N6O/c16-14-6-13(20-21(14)12-4-2-1-3-5-12)15(22)19-9-11-7-17-10-18-8-11/h1-8,10H,9,16H2,(H,19,22). The Kier molecular flexibility index (Phi) is 3.78. The van der Waals surface area contributed by atoms with Gasteiger partial charge in [-0.05, 0) is 12.1 Å². The predicted octanol–water partition coefficient (Wildman–Crippen LogP) is 1.17. The van der Waals surface area contributed by atoms with E-state index in [1.54, 1.807) is 18.5 Å². The van der Waals surface area contributed by atoms with Crippen molar-refractivity contribution in [2.75, 3.05) is 5.73 Å². The van der Waals surface area contributed by atoms with Gasteiger partial charge in [0.05, 0.1) is 5.69 Å². The number of hydrogen-bond acceptors (Lipinski definition) is 5. The number of rotatable bonds is 4. The molecule has 7 heteroatoms. The summed E-state index contributed by atoms with van der Waals surface area (Å²) in [6.45, 7) is 0.331. The number of benzene rings is 1. The molecule has 22 heavy (non-hydrogen) atoms. The monoisotopic (exact) mass is 294 g/mol. The molecular formula is C15H14N6O. The molecule has 0 aliphatic carbocycles. The third kappa shape index (κ3) is 2.93. The van der Waals surface area contributed by atoms with E-state index in [1.165, 1.54) is 11.0 Å². The Morgan fingerprint density at radius 3 is 2.64 bits per heavy atom. The summed E-state index contributed by atoms with van der Waals surface area (Å²) < 4.78 is 1.53. The zero-order valence-corrected chi connectivity index (χ0v) is 11.7. The summed E-state index contributed by atoms with van der Waals surface area (Å²) in [4.78, 5) is 19.9. The van der Waals surface area contributed by atoms with Crippen LogP contribution in [0.15, 0.2) is 55.1 Å². The number of nitrogens with two attached hydrogens (primary N) is 1. The van der Waals surface area contributed by atoms with E-state index >= 15 is 0 Å². The smallest absolute Gasteiger partial charge is 0.272 e. The number of para-hydroxylation sites is 1. The molecule has 3 N–H and O–H groups in total. The van der Waals surface area contributed by atoms with E-state index in [0.717, 1.165) is 11.3 Å². The van der Waals surface area contributed by atoms with Gasteiger partial charge in [0.2, 0.25) is 0 Å². The lowest BCUT2D eigenvalue weighted by molar-refractivity contribution is 0.0945. The van der Waals surface area contributed by atoms with Gasteiger partial charge in [0, 0.05) is 30.6 Å². The zero-order chi connectivity index (χ0) is 15.4. The van der Waals surface area contributed by atoms with Gasteiger partial charge in [-0.1, -0.05) is 18.2 Å². The van der Waals surface area contributed by atoms with Crippen LogP contribution in [0.25, 0.3) is 5.69 Å². The van der Waals surface area contributed by atoms with E-state index in [2.05, 4.69) is 20.4 Å². The van der Waals surface area contributed by atoms with Crippen molar-refractivity contribution in [2.24, 2.45) is 0 Å². The summed E-state index contributed by atoms with van der Waals surface area (Å²) in [7, 11) is 0. The van der Waals surface area contributed by atoms with Crippen LogP contribution in [0.1, 0.15) is 16.1 Å². The Hall–Kier alpha value is -3.22. The van der Waals surface area contributed by atoms with E-state index in [4.69, 9.17) is 5.73 Å². The van der Waals surface area contributed by atoms with Crippen molar-refractivity contribution in [3.63, 3.8) is 0 Å². The van der Waals surface area contributed by atoms with Gasteiger partial charge < -0.3 is 11.1 Å². The summed E-state index contributed by atoms with van der Waals surface area (Å²) in [6, 6.07) is 10.9. The molecule has 3 aromatic rings. The van der Waals surface area contributed by atoms with E-state index in [9.17, 15) is 4.79 Å². The molecule has 0 saturated carbocycles. The van der Waals surface area contributed by atoms with E-state index in [0.29, 0.717) is 12.4 Å². The van der Waals surface area contributed by atoms with Gasteiger partial charge in [0.1, 0.15) is 12.1 Å². The molecule has 2 heterocycles. The molecule has 2 aromatic heterocycles. The fourth-order valence-electron chi connectivity index (χ4n) is 1.98. The molecule has 1 aromatic carbocycles. The molecule has 0 bridgehead atoms. The van der Waals surface area contributed by atoms with Crippen molar-refractivity contribution in [3.8, 4) is 5.69 Å². The summed E-state index contributed by atoms with van der Waals surface area (Å²) in [5.74, 6) is 0.102. The van der Waals surface area contributed by atoms with E-state index in [-0.39, 0.29) is 11.6 Å². The van der Waals surface area contributed by atoms with Crippen LogP contribution in [0.2, 0.25) is 0 Å². The number of amides is 1. The van der Waals surface area contributed by atoms with Gasteiger partial charge in [-0.2, -0.15) is 5.10 Å². The van der Waals surface area contributed by atoms with Crippen molar-refractivity contribution in [1.29, 1.82) is 0 Å². The van der Waals surface area contributed by atoms with Gasteiger partial charge in [0.15, 0.2) is 5.69 Å². The Balaban J connectivity index is 1.74. The Bertz CT molecular complexity index is 769. The molecule has 1 amide bonds. The Morgan fingerprint density at radius 1 is 1.18 bits per heavy atom. The average molecular weight is 294 g/mol. The number of nitrogens with one attached hydrogen (secondary N) is 1. The van der Waals surface area contributed by atoms with Gasteiger partial charge in [-0.15, -0.1) is 0 Å². The molecule has 0 radical (unpaired) electrons. The van der Waals surface area contributed by atoms with Crippen molar-refractivity contribution >= 4 is 11.7 Å². The first-order valence-corrected chi connectivity index (χ1v) is 6.67. The molecule has 0 aliphatic heterocycles. The SMILES string of the molecule is Nc1cc(C(=O)NCc2cncnc2)nn1-c1ccccc1. The van der Waals surface area contributed by atoms with Crippen LogP contribution in [0.3, 0.4) is 0 Å². The maximum atomic E-state index is 12.1. The molecule has 0 spiro atoms. The number of hydrogen-bond donors (Lipinski definition) is 2. The summed E-state index contributed by atoms with van der Waals surface area (Å²) in [5.41, 5.74) is 7.79. The van der Waals surface area contributed by atoms with Crippen molar-refractivity contribution < 1.29 is 4.79 Å². The summed E-state index contributed by atoms with van der Waals surface area (Å²) in [5, 5.41) is 7.00. The topological polar surface area (TPSA) is 98.7 Å². The molecule has 0 unspecified atom stereocenters. The lowest BCUT2D eigenvalue weighted by Gasteiger charge is -2.03. The van der Waals surface area contributed by atoms with Crippen molar-refractivity contribution in [2.45, 2.75) is 6.54 Å². The third-order valence-electron chi connectivity index (χ3n) is 3.04. The van der Waals surface area contributed by atoms with Crippen LogP contribution in [0, 0.1) is 0 Å². The molecule has 0 fully saturated rings. The van der Waals surface area contributed by atoms with Gasteiger partial charge in [-0.3, -0.25) is 4.79 Å². The third-order valence-corrected chi connectivity index (χ3v) is 3.04. The average Bonchev–Trinajstić information content (AvgIpc) is 2.96. The molecular weight excluding hydrogens is 280 g/mol. The molecule has 7 nitrogen and oxygen atoms in total. The van der Waals surface area contributed by atoms with Crippen LogP contribution >= 0.6 is 0 Å². The van der Waals surface area contributed by atoms with Gasteiger partial charge in [0.25, 0.3) is 5.91 Å². The van der Waals surface area contributed by atoms with Crippen LogP contribution in [0.4, 0.5) is 5.82 Å². The highest BCUT2D eigenvalue weighted by atomic mass is 16.1. The maximum Gasteiger partial charge on any atom is 0.272 e. The number of aromatic nitrogens is 4. The second kappa shape index (κ2) is 6.04. The summed E-state index contributed by atoms with van der Waals surface area (Å²) in [6.07, 6.45) is 4.72. The van der Waals surface area contributed by atoms with Crippen molar-refractivity contribution in [3.05, 3.63) is 66.4 Å². The number of carbonyl (C=O) groups is 1. The zero-order valence-electron chi connectivity index (χ0n) is 11.7. The van der Waals surface area contributed by atoms with Crippen molar-refractivity contribution in [1.82, 2.24) is 25.1 Å². The molecule has 3 rings (SSSR count). The van der Waals surface area contributed by atoms with E-state index < -0.39 is 0 Å². The number of nitrogens with zero attached hydrogens (tertiary/aromatic N) is 4. The first-order chi connectivity index (χ1) is 10.7. The summed E-state index contributed by atoms with van der Waals surface area (Å²) >= 11 is 0. The van der Waals surface area contributed by atoms with Crippen LogP contribution < -0.4 is 11.1 Å². The molecule has 0 atom stereocenters. The lowest BCUT2D eigenvalue weighted by atomic mass is 10.3. The highest BCUT2D eigenvalue weighted by Crippen LogP contribution is 2.14. The highest BCUT2D eigenvalue weighted by Gasteiger charge is 2.13. The number of nitrogen functional groups attached to an aromatic ring is 1. The first-order valence-electron chi connectivity index (χ1n) is 6.67. The molecule has 0 aliphatic rings. The lowest BCUT2D eigenvalue weighted by Crippen LogP contribution is -2.23. The quantitative estimate of drug-likeness (QED) is 0.752. The molecule has 110 valence electrons. The Morgan fingerprint density at radius 2 is 1.91 bits per heavy atom. The molecule has 0 saturated heterocycles. The van der Waals surface area contributed by atoms with Crippen LogP contribution in [0.5, 0.6) is 0 Å². The highest BCUT2D eigenvalue weighted by molar-refractivity contribution is 5.93. The van der Waals surface area contributed by atoms with Gasteiger partial charge >= 0.3 is 0 Å². The minimum atomic E-state index is -0.301. The largest absolute Gasteiger partial charge is 0.384 e. The predicted molar refractivity (Wildman–Crippen MR) is 81.2 cm³/mol. The second-order valence-corrected chi connectivity index (χ2v) is 4.63. The fraction of sp³-hybridized carbons (Fsp3) is 0.0667. The van der Waals surface area contributed by atoms with Crippen LogP contribution in [-0.2, 0) is 6.54 Å². The second-order valence-electron chi connectivity index (χ2n) is 4.63. The normalized spacial score (nSPS) is 10.4. The van der Waals surface area contributed by atoms with Gasteiger partial charge in [-0.25, -0.2) is 14.6 Å². The Labute approximate surface area is 126 Å². The minimum absolute atomic E-state index is 0.262.